The third kappa shape index (κ3) is 2.92. The van der Waals surface area contributed by atoms with Crippen LogP contribution < -0.4 is 10.1 Å². The minimum Gasteiger partial charge on any atom is -0.477 e. The van der Waals surface area contributed by atoms with E-state index in [1.54, 1.807) is 31.2 Å². The number of aliphatic hydroxyl groups is 1. The molecule has 2 heterocycles. The van der Waals surface area contributed by atoms with Crippen LogP contribution in [0.2, 0.25) is 0 Å². The number of nitrogens with one attached hydrogen (secondary N) is 1. The summed E-state index contributed by atoms with van der Waals surface area (Å²) in [6.45, 7) is 3.75. The van der Waals surface area contributed by atoms with Gasteiger partial charge >= 0.3 is 12.1 Å². The number of hydrogen-bond acceptors (Lipinski definition) is 5. The van der Waals surface area contributed by atoms with Gasteiger partial charge in [0.2, 0.25) is 5.91 Å². The maximum absolute atomic E-state index is 12.2. The Balaban J connectivity index is 1.85. The topological polar surface area (TPSA) is 116 Å². The highest BCUT2D eigenvalue weighted by Crippen LogP contribution is 2.47. The van der Waals surface area contributed by atoms with Gasteiger partial charge in [-0.2, -0.15) is 0 Å². The van der Waals surface area contributed by atoms with E-state index in [0.29, 0.717) is 29.9 Å². The average Bonchev–Trinajstić information content (AvgIpc) is 2.90. The fourth-order valence-corrected chi connectivity index (χ4v) is 3.54. The molecule has 0 unspecified atom stereocenters. The second-order valence-electron chi connectivity index (χ2n) is 6.32. The van der Waals surface area contributed by atoms with Crippen molar-refractivity contribution in [2.75, 3.05) is 6.54 Å². The Morgan fingerprint density at radius 3 is 2.54 bits per heavy atom. The summed E-state index contributed by atoms with van der Waals surface area (Å²) in [6, 6.07) is 6.11. The van der Waals surface area contributed by atoms with Crippen molar-refractivity contribution in [1.29, 1.82) is 0 Å². The van der Waals surface area contributed by atoms with Gasteiger partial charge in [-0.3, -0.25) is 4.79 Å². The van der Waals surface area contributed by atoms with E-state index in [0.717, 1.165) is 0 Å². The van der Waals surface area contributed by atoms with Crippen molar-refractivity contribution < 1.29 is 29.3 Å². The molecule has 0 aromatic heterocycles. The maximum Gasteiger partial charge on any atom is 0.412 e. The lowest BCUT2D eigenvalue weighted by Gasteiger charge is -2.44. The first-order valence-corrected chi connectivity index (χ1v) is 8.38. The van der Waals surface area contributed by atoms with Gasteiger partial charge in [-0.1, -0.05) is 12.1 Å². The summed E-state index contributed by atoms with van der Waals surface area (Å²) >= 11 is 0. The van der Waals surface area contributed by atoms with Crippen LogP contribution in [-0.2, 0) is 9.59 Å². The number of hydrogen-bond donors (Lipinski definition) is 3. The van der Waals surface area contributed by atoms with Gasteiger partial charge < -0.3 is 25.2 Å². The molecule has 26 heavy (non-hydrogen) atoms. The zero-order chi connectivity index (χ0) is 19.0. The van der Waals surface area contributed by atoms with Gasteiger partial charge in [0.1, 0.15) is 11.4 Å². The number of ether oxygens (including phenoxy) is 1. The average molecular weight is 360 g/mol. The van der Waals surface area contributed by atoms with Gasteiger partial charge in [0.25, 0.3) is 0 Å². The van der Waals surface area contributed by atoms with Crippen LogP contribution in [0.25, 0.3) is 5.57 Å². The van der Waals surface area contributed by atoms with E-state index in [-0.39, 0.29) is 17.6 Å². The van der Waals surface area contributed by atoms with E-state index in [1.807, 2.05) is 0 Å². The molecule has 2 aliphatic rings. The third-order valence-corrected chi connectivity index (χ3v) is 4.67. The maximum atomic E-state index is 12.2. The smallest absolute Gasteiger partial charge is 0.412 e. The standard InChI is InChI=1S/C18H20N2O6/c1-3-19-18(25)26-11-6-4-10(5-7-11)12-8-13-14(9(2)21)16(22)20(13)15(12)17(23)24/h4-7,9,13-14,21H,3,8H2,1-2H3,(H,19,25)(H,23,24)/t9-,13-,14-/m1/s1. The predicted molar refractivity (Wildman–Crippen MR) is 91.1 cm³/mol. The van der Waals surface area contributed by atoms with Crippen LogP contribution in [0.1, 0.15) is 25.8 Å². The normalized spacial score (nSPS) is 22.6. The number of carbonyl (C=O) groups excluding carboxylic acids is 2. The van der Waals surface area contributed by atoms with Crippen molar-refractivity contribution >= 4 is 23.5 Å². The molecule has 3 atom stereocenters. The number of aliphatic hydroxyl groups excluding tert-OH is 1. The number of carbonyl (C=O) groups is 3. The molecule has 8 heteroatoms. The van der Waals surface area contributed by atoms with Gasteiger partial charge in [0.15, 0.2) is 0 Å². The summed E-state index contributed by atoms with van der Waals surface area (Å²) < 4.78 is 5.09. The number of carboxylic acids is 1. The molecule has 2 aliphatic heterocycles. The minimum absolute atomic E-state index is 0.0469. The first kappa shape index (κ1) is 17.9. The van der Waals surface area contributed by atoms with Crippen LogP contribution in [0, 0.1) is 5.92 Å². The SMILES string of the molecule is CCNC(=O)Oc1ccc(C2=C(C(=O)O)N3C(=O)[C@H]([C@@H](C)O)[C@H]3C2)cc1. The summed E-state index contributed by atoms with van der Waals surface area (Å²) in [6.07, 6.45) is -1.04. The number of aliphatic carboxylic acids is 1. The Hall–Kier alpha value is -2.87. The van der Waals surface area contributed by atoms with E-state index in [2.05, 4.69) is 5.32 Å². The summed E-state index contributed by atoms with van der Waals surface area (Å²) in [7, 11) is 0. The molecule has 8 nitrogen and oxygen atoms in total. The van der Waals surface area contributed by atoms with Crippen molar-refractivity contribution in [3.05, 3.63) is 35.5 Å². The van der Waals surface area contributed by atoms with E-state index in [1.165, 1.54) is 11.8 Å². The van der Waals surface area contributed by atoms with Crippen molar-refractivity contribution in [3.8, 4) is 5.75 Å². The van der Waals surface area contributed by atoms with Crippen LogP contribution >= 0.6 is 0 Å². The monoisotopic (exact) mass is 360 g/mol. The molecular formula is C18H20N2O6. The highest BCUT2D eigenvalue weighted by Gasteiger charge is 2.56. The Morgan fingerprint density at radius 1 is 1.35 bits per heavy atom. The molecular weight excluding hydrogens is 340 g/mol. The molecule has 0 aliphatic carbocycles. The van der Waals surface area contributed by atoms with Crippen molar-refractivity contribution in [1.82, 2.24) is 10.2 Å². The molecule has 3 rings (SSSR count). The van der Waals surface area contributed by atoms with Gasteiger partial charge in [0.05, 0.1) is 18.1 Å². The minimum atomic E-state index is -1.18. The lowest BCUT2D eigenvalue weighted by molar-refractivity contribution is -0.161. The zero-order valence-corrected chi connectivity index (χ0v) is 14.4. The second kappa shape index (κ2) is 6.80. The first-order chi connectivity index (χ1) is 12.3. The Bertz CT molecular complexity index is 783. The van der Waals surface area contributed by atoms with E-state index >= 15 is 0 Å². The van der Waals surface area contributed by atoms with Gasteiger partial charge in [-0.15, -0.1) is 0 Å². The Morgan fingerprint density at radius 2 is 2.00 bits per heavy atom. The van der Waals surface area contributed by atoms with Crippen LogP contribution in [0.15, 0.2) is 30.0 Å². The first-order valence-electron chi connectivity index (χ1n) is 8.38. The molecule has 138 valence electrons. The second-order valence-corrected chi connectivity index (χ2v) is 6.32. The molecule has 0 spiro atoms. The van der Waals surface area contributed by atoms with Gasteiger partial charge in [0, 0.05) is 6.54 Å². The fourth-order valence-electron chi connectivity index (χ4n) is 3.54. The highest BCUT2D eigenvalue weighted by atomic mass is 16.6. The lowest BCUT2D eigenvalue weighted by Crippen LogP contribution is -2.61. The molecule has 1 saturated heterocycles. The third-order valence-electron chi connectivity index (χ3n) is 4.67. The molecule has 0 bridgehead atoms. The van der Waals surface area contributed by atoms with Crippen LogP contribution in [0.3, 0.4) is 0 Å². The number of fused-ring (bicyclic) bond motifs is 1. The molecule has 1 aromatic rings. The van der Waals surface area contributed by atoms with E-state index in [9.17, 15) is 24.6 Å². The lowest BCUT2D eigenvalue weighted by atomic mass is 9.82. The number of nitrogens with zero attached hydrogens (tertiary/aromatic N) is 1. The molecule has 3 N–H and O–H groups in total. The van der Waals surface area contributed by atoms with Gasteiger partial charge in [-0.25, -0.2) is 9.59 Å². The van der Waals surface area contributed by atoms with Crippen LogP contribution in [0.5, 0.6) is 5.75 Å². The van der Waals surface area contributed by atoms with Crippen molar-refractivity contribution in [2.45, 2.75) is 32.4 Å². The van der Waals surface area contributed by atoms with Crippen LogP contribution in [0.4, 0.5) is 4.79 Å². The summed E-state index contributed by atoms with van der Waals surface area (Å²) in [4.78, 5) is 36.6. The highest BCUT2D eigenvalue weighted by molar-refractivity contribution is 6.06. The molecule has 1 fully saturated rings. The number of benzene rings is 1. The number of β-lactam (4-membered cyclic amide) rings is 1. The van der Waals surface area contributed by atoms with Crippen molar-refractivity contribution in [2.24, 2.45) is 5.92 Å². The number of amides is 2. The van der Waals surface area contributed by atoms with E-state index < -0.39 is 24.1 Å². The van der Waals surface area contributed by atoms with Crippen molar-refractivity contribution in [3.63, 3.8) is 0 Å². The largest absolute Gasteiger partial charge is 0.477 e. The van der Waals surface area contributed by atoms with E-state index in [4.69, 9.17) is 4.74 Å². The zero-order valence-electron chi connectivity index (χ0n) is 14.4. The number of carboxylic acid groups (broad SMARTS) is 1. The fraction of sp³-hybridized carbons (Fsp3) is 0.389. The quantitative estimate of drug-likeness (QED) is 0.680. The molecule has 2 amide bonds. The molecule has 0 saturated carbocycles. The van der Waals surface area contributed by atoms with Gasteiger partial charge in [-0.05, 0) is 43.5 Å². The summed E-state index contributed by atoms with van der Waals surface area (Å²) in [5.74, 6) is -1.80. The Labute approximate surface area is 150 Å². The Kier molecular flexibility index (Phi) is 4.69. The van der Waals surface area contributed by atoms with Crippen LogP contribution in [-0.4, -0.2) is 51.8 Å². The summed E-state index contributed by atoms with van der Waals surface area (Å²) in [5.41, 5.74) is 1.12. The number of rotatable bonds is 5. The summed E-state index contributed by atoms with van der Waals surface area (Å²) in [5, 5.41) is 21.8. The molecule has 0 radical (unpaired) electrons. The predicted octanol–water partition coefficient (Wildman–Crippen LogP) is 1.20. The molecule has 1 aromatic carbocycles.